The first kappa shape index (κ1) is 17.3. The number of nitrogens with two attached hydrogens (primary N) is 1. The molecule has 26 heavy (non-hydrogen) atoms. The lowest BCUT2D eigenvalue weighted by Crippen LogP contribution is -2.48. The molecule has 2 heterocycles. The van der Waals surface area contributed by atoms with E-state index in [2.05, 4.69) is 10.2 Å². The molecule has 1 saturated heterocycles. The van der Waals surface area contributed by atoms with Crippen LogP contribution in [0.25, 0.3) is 0 Å². The van der Waals surface area contributed by atoms with Crippen LogP contribution >= 0.6 is 11.6 Å². The third-order valence-corrected chi connectivity index (χ3v) is 5.14. The molecule has 2 aliphatic rings. The number of halogens is 1. The summed E-state index contributed by atoms with van der Waals surface area (Å²) < 4.78 is 11.9. The summed E-state index contributed by atoms with van der Waals surface area (Å²) in [6, 6.07) is 13.8. The molecule has 2 aromatic rings. The average Bonchev–Trinajstić information content (AvgIpc) is 2.64. The first-order valence-electron chi connectivity index (χ1n) is 9.10. The SMILES string of the molecule is Nc1cc(Cl)ccc1N[C@H]1CCCN(C[C@H]2COc3ccccc3O2)C1. The molecule has 1 fully saturated rings. The van der Waals surface area contributed by atoms with Crippen LogP contribution in [-0.4, -0.2) is 43.3 Å². The van der Waals surface area contributed by atoms with Gasteiger partial charge in [0.1, 0.15) is 12.7 Å². The Balaban J connectivity index is 1.34. The molecule has 0 amide bonds. The summed E-state index contributed by atoms with van der Waals surface area (Å²) in [7, 11) is 0. The zero-order valence-corrected chi connectivity index (χ0v) is 15.4. The summed E-state index contributed by atoms with van der Waals surface area (Å²) in [5.41, 5.74) is 7.71. The number of nitrogens with one attached hydrogen (secondary N) is 1. The van der Waals surface area contributed by atoms with Gasteiger partial charge in [-0.05, 0) is 49.7 Å². The van der Waals surface area contributed by atoms with E-state index in [1.807, 2.05) is 36.4 Å². The number of hydrogen-bond donors (Lipinski definition) is 2. The van der Waals surface area contributed by atoms with Crippen molar-refractivity contribution in [1.82, 2.24) is 4.90 Å². The van der Waals surface area contributed by atoms with Crippen LogP contribution in [0.15, 0.2) is 42.5 Å². The highest BCUT2D eigenvalue weighted by Gasteiger charge is 2.26. The highest BCUT2D eigenvalue weighted by molar-refractivity contribution is 6.31. The average molecular weight is 374 g/mol. The lowest BCUT2D eigenvalue weighted by atomic mass is 10.0. The van der Waals surface area contributed by atoms with Crippen LogP contribution in [-0.2, 0) is 0 Å². The van der Waals surface area contributed by atoms with E-state index in [9.17, 15) is 0 Å². The van der Waals surface area contributed by atoms with Crippen LogP contribution in [0.4, 0.5) is 11.4 Å². The first-order valence-corrected chi connectivity index (χ1v) is 9.47. The minimum absolute atomic E-state index is 0.0595. The maximum Gasteiger partial charge on any atom is 0.161 e. The van der Waals surface area contributed by atoms with Crippen LogP contribution in [0.2, 0.25) is 5.02 Å². The third-order valence-electron chi connectivity index (χ3n) is 4.91. The van der Waals surface area contributed by atoms with Crippen molar-refractivity contribution in [2.45, 2.75) is 25.0 Å². The number of benzene rings is 2. The fourth-order valence-corrected chi connectivity index (χ4v) is 3.85. The second-order valence-corrected chi connectivity index (χ2v) is 7.41. The minimum Gasteiger partial charge on any atom is -0.486 e. The predicted molar refractivity (Wildman–Crippen MR) is 105 cm³/mol. The molecular weight excluding hydrogens is 350 g/mol. The molecule has 5 nitrogen and oxygen atoms in total. The van der Waals surface area contributed by atoms with Gasteiger partial charge in [0, 0.05) is 24.2 Å². The molecule has 138 valence electrons. The second kappa shape index (κ2) is 7.64. The van der Waals surface area contributed by atoms with Crippen molar-refractivity contribution < 1.29 is 9.47 Å². The van der Waals surface area contributed by atoms with Crippen LogP contribution in [0.3, 0.4) is 0 Å². The lowest BCUT2D eigenvalue weighted by molar-refractivity contribution is 0.0518. The quantitative estimate of drug-likeness (QED) is 0.801. The zero-order chi connectivity index (χ0) is 17.9. The first-order chi connectivity index (χ1) is 12.7. The predicted octanol–water partition coefficient (Wildman–Crippen LogP) is 3.64. The summed E-state index contributed by atoms with van der Waals surface area (Å²) in [5.74, 6) is 1.67. The molecule has 0 radical (unpaired) electrons. The van der Waals surface area contributed by atoms with Crippen molar-refractivity contribution in [3.8, 4) is 11.5 Å². The van der Waals surface area contributed by atoms with Crippen molar-refractivity contribution >= 4 is 23.0 Å². The van der Waals surface area contributed by atoms with Crippen molar-refractivity contribution in [3.05, 3.63) is 47.5 Å². The molecule has 3 N–H and O–H groups in total. The van der Waals surface area contributed by atoms with E-state index in [-0.39, 0.29) is 6.10 Å². The van der Waals surface area contributed by atoms with Gasteiger partial charge in [-0.3, -0.25) is 4.90 Å². The Kier molecular flexibility index (Phi) is 5.09. The Labute approximate surface area is 159 Å². The van der Waals surface area contributed by atoms with Gasteiger partial charge < -0.3 is 20.5 Å². The Morgan fingerprint density at radius 3 is 2.88 bits per heavy atom. The molecule has 4 rings (SSSR count). The van der Waals surface area contributed by atoms with E-state index in [0.29, 0.717) is 23.4 Å². The van der Waals surface area contributed by atoms with E-state index >= 15 is 0 Å². The fraction of sp³-hybridized carbons (Fsp3) is 0.400. The van der Waals surface area contributed by atoms with E-state index in [4.69, 9.17) is 26.8 Å². The molecule has 0 saturated carbocycles. The third kappa shape index (κ3) is 4.00. The molecule has 2 aliphatic heterocycles. The number of rotatable bonds is 4. The van der Waals surface area contributed by atoms with E-state index in [1.54, 1.807) is 6.07 Å². The van der Waals surface area contributed by atoms with Crippen molar-refractivity contribution in [1.29, 1.82) is 0 Å². The van der Waals surface area contributed by atoms with Gasteiger partial charge >= 0.3 is 0 Å². The number of hydrogen-bond acceptors (Lipinski definition) is 5. The van der Waals surface area contributed by atoms with E-state index < -0.39 is 0 Å². The van der Waals surface area contributed by atoms with Gasteiger partial charge in [-0.15, -0.1) is 0 Å². The Hall–Kier alpha value is -2.11. The normalized spacial score (nSPS) is 22.8. The molecule has 0 aliphatic carbocycles. The number of para-hydroxylation sites is 2. The van der Waals surface area contributed by atoms with Crippen molar-refractivity contribution in [3.63, 3.8) is 0 Å². The molecule has 0 aromatic heterocycles. The highest BCUT2D eigenvalue weighted by atomic mass is 35.5. The number of fused-ring (bicyclic) bond motifs is 1. The highest BCUT2D eigenvalue weighted by Crippen LogP contribution is 2.31. The summed E-state index contributed by atoms with van der Waals surface area (Å²) in [6.45, 7) is 3.50. The van der Waals surface area contributed by atoms with Gasteiger partial charge in [0.15, 0.2) is 11.5 Å². The van der Waals surface area contributed by atoms with Crippen LogP contribution in [0, 0.1) is 0 Å². The van der Waals surface area contributed by atoms with Gasteiger partial charge in [0.05, 0.1) is 11.4 Å². The number of piperidine rings is 1. The lowest BCUT2D eigenvalue weighted by Gasteiger charge is -2.37. The largest absolute Gasteiger partial charge is 0.486 e. The molecule has 2 atom stereocenters. The minimum atomic E-state index is 0.0595. The second-order valence-electron chi connectivity index (χ2n) is 6.97. The Bertz CT molecular complexity index is 770. The number of ether oxygens (including phenoxy) is 2. The van der Waals surface area contributed by atoms with Crippen LogP contribution in [0.1, 0.15) is 12.8 Å². The standard InChI is InChI=1S/C20H24ClN3O2/c21-14-7-8-18(17(22)10-14)23-15-4-3-9-24(11-15)12-16-13-25-19-5-1-2-6-20(19)26-16/h1-2,5-8,10,15-16,23H,3-4,9,11-13,22H2/t15-,16-/m0/s1. The molecule has 0 bridgehead atoms. The van der Waals surface area contributed by atoms with E-state index in [1.165, 1.54) is 0 Å². The summed E-state index contributed by atoms with van der Waals surface area (Å²) in [6.07, 6.45) is 2.34. The number of anilines is 2. The maximum atomic E-state index is 6.10. The summed E-state index contributed by atoms with van der Waals surface area (Å²) in [5, 5.41) is 4.22. The summed E-state index contributed by atoms with van der Waals surface area (Å²) >= 11 is 5.99. The van der Waals surface area contributed by atoms with Gasteiger partial charge in [-0.2, -0.15) is 0 Å². The molecule has 0 spiro atoms. The zero-order valence-electron chi connectivity index (χ0n) is 14.7. The van der Waals surface area contributed by atoms with Crippen LogP contribution in [0.5, 0.6) is 11.5 Å². The molecule has 6 heteroatoms. The van der Waals surface area contributed by atoms with Gasteiger partial charge in [0.2, 0.25) is 0 Å². The fourth-order valence-electron chi connectivity index (χ4n) is 3.67. The van der Waals surface area contributed by atoms with E-state index in [0.717, 1.165) is 49.7 Å². The Morgan fingerprint density at radius 2 is 2.04 bits per heavy atom. The molecule has 2 aromatic carbocycles. The van der Waals surface area contributed by atoms with Gasteiger partial charge in [-0.25, -0.2) is 0 Å². The maximum absolute atomic E-state index is 6.10. The smallest absolute Gasteiger partial charge is 0.161 e. The van der Waals surface area contributed by atoms with Gasteiger partial charge in [-0.1, -0.05) is 23.7 Å². The monoisotopic (exact) mass is 373 g/mol. The number of likely N-dealkylation sites (tertiary alicyclic amines) is 1. The topological polar surface area (TPSA) is 59.8 Å². The number of nitrogens with zero attached hydrogens (tertiary/aromatic N) is 1. The summed E-state index contributed by atoms with van der Waals surface area (Å²) in [4.78, 5) is 2.44. The van der Waals surface area contributed by atoms with Crippen molar-refractivity contribution in [2.75, 3.05) is 37.3 Å². The van der Waals surface area contributed by atoms with Gasteiger partial charge in [0.25, 0.3) is 0 Å². The number of nitrogen functional groups attached to an aromatic ring is 1. The van der Waals surface area contributed by atoms with Crippen molar-refractivity contribution in [2.24, 2.45) is 0 Å². The Morgan fingerprint density at radius 1 is 1.19 bits per heavy atom. The molecular formula is C20H24ClN3O2. The van der Waals surface area contributed by atoms with Crippen LogP contribution < -0.4 is 20.5 Å². The molecule has 0 unspecified atom stereocenters.